The van der Waals surface area contributed by atoms with Crippen LogP contribution < -0.4 is 16.4 Å². The van der Waals surface area contributed by atoms with Crippen LogP contribution in [0.1, 0.15) is 69.3 Å². The van der Waals surface area contributed by atoms with Gasteiger partial charge in [-0.25, -0.2) is 4.98 Å². The zero-order valence-electron chi connectivity index (χ0n) is 22.2. The molecule has 1 aromatic heterocycles. The molecule has 6 nitrogen and oxygen atoms in total. The Morgan fingerprint density at radius 2 is 1.97 bits per heavy atom. The van der Waals surface area contributed by atoms with E-state index in [1.165, 1.54) is 28.1 Å². The molecule has 3 heterocycles. The van der Waals surface area contributed by atoms with Crippen molar-refractivity contribution in [3.8, 4) is 0 Å². The first-order valence-corrected chi connectivity index (χ1v) is 13.2. The van der Waals surface area contributed by atoms with Crippen molar-refractivity contribution in [1.82, 2.24) is 9.88 Å². The number of morpholine rings is 1. The maximum atomic E-state index is 6.18. The molecule has 2 aliphatic rings. The zero-order chi connectivity index (χ0) is 25.2. The van der Waals surface area contributed by atoms with Crippen LogP contribution in [-0.4, -0.2) is 42.7 Å². The third-order valence-electron chi connectivity index (χ3n) is 6.34. The number of anilines is 3. The number of allylic oxidation sites excluding steroid dienone is 2. The molecule has 0 spiro atoms. The Kier molecular flexibility index (Phi) is 10.2. The Balaban J connectivity index is 0.00000167. The first kappa shape index (κ1) is 26.8. The number of pyridine rings is 1. The molecule has 0 atom stereocenters. The summed E-state index contributed by atoms with van der Waals surface area (Å²) >= 11 is 0. The van der Waals surface area contributed by atoms with Gasteiger partial charge in [-0.15, -0.1) is 0 Å². The van der Waals surface area contributed by atoms with E-state index in [0.717, 1.165) is 75.6 Å². The molecule has 0 amide bonds. The van der Waals surface area contributed by atoms with Gasteiger partial charge in [0.1, 0.15) is 5.82 Å². The Hall–Kier alpha value is -2.83. The number of aromatic nitrogens is 1. The lowest BCUT2D eigenvalue weighted by atomic mass is 9.95. The van der Waals surface area contributed by atoms with Crippen molar-refractivity contribution in [1.29, 1.82) is 0 Å². The van der Waals surface area contributed by atoms with E-state index in [9.17, 15) is 0 Å². The highest BCUT2D eigenvalue weighted by atomic mass is 16.5. The lowest BCUT2D eigenvalue weighted by Crippen LogP contribution is -2.35. The van der Waals surface area contributed by atoms with Crippen LogP contribution in [0.4, 0.5) is 17.2 Å². The van der Waals surface area contributed by atoms with Crippen LogP contribution in [-0.2, 0) is 11.3 Å². The van der Waals surface area contributed by atoms with Crippen molar-refractivity contribution in [2.45, 2.75) is 60.4 Å². The van der Waals surface area contributed by atoms with E-state index < -0.39 is 0 Å². The molecule has 2 aromatic rings. The number of hydrogen-bond donors (Lipinski definition) is 3. The fourth-order valence-corrected chi connectivity index (χ4v) is 4.48. The molecular formula is C29H43N5O. The van der Waals surface area contributed by atoms with Crippen molar-refractivity contribution in [2.75, 3.05) is 49.2 Å². The Morgan fingerprint density at radius 3 is 2.69 bits per heavy atom. The molecule has 35 heavy (non-hydrogen) atoms. The van der Waals surface area contributed by atoms with Crippen LogP contribution in [0.15, 0.2) is 36.0 Å². The van der Waals surface area contributed by atoms with E-state index in [2.05, 4.69) is 64.7 Å². The van der Waals surface area contributed by atoms with Crippen LogP contribution in [0.2, 0.25) is 0 Å². The van der Waals surface area contributed by atoms with Gasteiger partial charge in [-0.1, -0.05) is 46.3 Å². The summed E-state index contributed by atoms with van der Waals surface area (Å²) < 4.78 is 5.49. The number of nitrogen functional groups attached to an aromatic ring is 1. The van der Waals surface area contributed by atoms with Gasteiger partial charge < -0.3 is 21.1 Å². The molecule has 0 saturated carbocycles. The lowest BCUT2D eigenvalue weighted by Gasteiger charge is -2.27. The fraction of sp³-hybridized carbons (Fsp3) is 0.483. The highest BCUT2D eigenvalue weighted by Crippen LogP contribution is 2.35. The molecule has 1 saturated heterocycles. The zero-order valence-corrected chi connectivity index (χ0v) is 22.2. The minimum atomic E-state index is 0.552. The van der Waals surface area contributed by atoms with E-state index in [1.807, 2.05) is 26.8 Å². The van der Waals surface area contributed by atoms with E-state index >= 15 is 0 Å². The summed E-state index contributed by atoms with van der Waals surface area (Å²) in [7, 11) is 0. The van der Waals surface area contributed by atoms with Gasteiger partial charge in [0.2, 0.25) is 0 Å². The van der Waals surface area contributed by atoms with E-state index in [-0.39, 0.29) is 0 Å². The summed E-state index contributed by atoms with van der Waals surface area (Å²) in [6.07, 6.45) is 7.75. The number of unbranched alkanes of at least 4 members (excludes halogenated alkanes) is 1. The quantitative estimate of drug-likeness (QED) is 0.414. The number of benzene rings is 1. The van der Waals surface area contributed by atoms with Gasteiger partial charge >= 0.3 is 0 Å². The number of aryl methyl sites for hydroxylation is 1. The molecule has 6 heteroatoms. The van der Waals surface area contributed by atoms with Gasteiger partial charge in [-0.05, 0) is 60.7 Å². The molecule has 1 fully saturated rings. The molecule has 4 N–H and O–H groups in total. The molecule has 190 valence electrons. The van der Waals surface area contributed by atoms with Crippen LogP contribution in [0.3, 0.4) is 0 Å². The monoisotopic (exact) mass is 477 g/mol. The predicted molar refractivity (Wildman–Crippen MR) is 151 cm³/mol. The second kappa shape index (κ2) is 13.3. The van der Waals surface area contributed by atoms with Gasteiger partial charge in [-0.3, -0.25) is 4.90 Å². The molecule has 0 radical (unpaired) electrons. The van der Waals surface area contributed by atoms with Crippen molar-refractivity contribution in [2.24, 2.45) is 0 Å². The summed E-state index contributed by atoms with van der Waals surface area (Å²) in [4.78, 5) is 7.00. The first-order chi connectivity index (χ1) is 17.1. The fourth-order valence-electron chi connectivity index (χ4n) is 4.48. The third-order valence-corrected chi connectivity index (χ3v) is 6.34. The van der Waals surface area contributed by atoms with Crippen molar-refractivity contribution in [3.63, 3.8) is 0 Å². The maximum absolute atomic E-state index is 6.18. The molecular weight excluding hydrogens is 434 g/mol. The highest BCUT2D eigenvalue weighted by molar-refractivity contribution is 5.95. The minimum Gasteiger partial charge on any atom is -0.384 e. The summed E-state index contributed by atoms with van der Waals surface area (Å²) in [5.74, 6) is 0.552. The largest absolute Gasteiger partial charge is 0.384 e. The number of nitrogens with one attached hydrogen (secondary N) is 2. The third kappa shape index (κ3) is 7.09. The van der Waals surface area contributed by atoms with Crippen LogP contribution in [0.25, 0.3) is 11.6 Å². The number of ether oxygens (including phenoxy) is 1. The SMILES string of the molecule is CC.CCC/C=C(/CC)Nc1c(C2=Cc3cc(CN4CCOCC4)ccc3NC2)cc(N)nc1C. The normalized spacial score (nSPS) is 15.9. The summed E-state index contributed by atoms with van der Waals surface area (Å²) in [5, 5.41) is 7.27. The van der Waals surface area contributed by atoms with Crippen molar-refractivity contribution < 1.29 is 4.74 Å². The maximum Gasteiger partial charge on any atom is 0.124 e. The minimum absolute atomic E-state index is 0.552. The van der Waals surface area contributed by atoms with Gasteiger partial charge in [0.05, 0.1) is 24.6 Å². The Bertz CT molecular complexity index is 1040. The second-order valence-electron chi connectivity index (χ2n) is 8.88. The summed E-state index contributed by atoms with van der Waals surface area (Å²) in [6.45, 7) is 15.8. The average Bonchev–Trinajstić information content (AvgIpc) is 2.88. The summed E-state index contributed by atoms with van der Waals surface area (Å²) in [6, 6.07) is 8.73. The number of hydrogen-bond acceptors (Lipinski definition) is 6. The van der Waals surface area contributed by atoms with Crippen LogP contribution in [0, 0.1) is 6.92 Å². The molecule has 2 aliphatic heterocycles. The van der Waals surface area contributed by atoms with Crippen molar-refractivity contribution in [3.05, 3.63) is 58.4 Å². The van der Waals surface area contributed by atoms with Gasteiger partial charge in [0.25, 0.3) is 0 Å². The van der Waals surface area contributed by atoms with Gasteiger partial charge in [0, 0.05) is 43.1 Å². The molecule has 0 bridgehead atoms. The lowest BCUT2D eigenvalue weighted by molar-refractivity contribution is 0.0342. The van der Waals surface area contributed by atoms with Gasteiger partial charge in [0.15, 0.2) is 0 Å². The van der Waals surface area contributed by atoms with E-state index in [0.29, 0.717) is 5.82 Å². The van der Waals surface area contributed by atoms with Gasteiger partial charge in [-0.2, -0.15) is 0 Å². The average molecular weight is 478 g/mol. The molecule has 1 aromatic carbocycles. The Labute approximate surface area is 211 Å². The topological polar surface area (TPSA) is 75.4 Å². The predicted octanol–water partition coefficient (Wildman–Crippen LogP) is 6.30. The first-order valence-electron chi connectivity index (χ1n) is 13.2. The highest BCUT2D eigenvalue weighted by Gasteiger charge is 2.18. The number of nitrogens with two attached hydrogens (primary N) is 1. The van der Waals surface area contributed by atoms with E-state index in [1.54, 1.807) is 0 Å². The molecule has 4 rings (SSSR count). The summed E-state index contributed by atoms with van der Waals surface area (Å²) in [5.41, 5.74) is 15.4. The smallest absolute Gasteiger partial charge is 0.124 e. The number of rotatable bonds is 8. The molecule has 0 unspecified atom stereocenters. The Morgan fingerprint density at radius 1 is 1.20 bits per heavy atom. The molecule has 0 aliphatic carbocycles. The number of nitrogens with zero attached hydrogens (tertiary/aromatic N) is 2. The number of fused-ring (bicyclic) bond motifs is 1. The van der Waals surface area contributed by atoms with Crippen LogP contribution >= 0.6 is 0 Å². The van der Waals surface area contributed by atoms with Crippen LogP contribution in [0.5, 0.6) is 0 Å². The van der Waals surface area contributed by atoms with E-state index in [4.69, 9.17) is 10.5 Å². The van der Waals surface area contributed by atoms with Crippen molar-refractivity contribution >= 4 is 28.8 Å². The standard InChI is InChI=1S/C27H37N5O.C2H6/c1-4-6-7-23(5-2)31-27-19(3)30-26(28)16-24(27)22-15-21-14-20(8-9-25(21)29-17-22)18-32-10-12-33-13-11-32;1-2/h7-9,14-16,29,31H,4-6,10-13,17-18H2,1-3H3,(H2,28,30);1-2H3/b23-7-;. The second-order valence-corrected chi connectivity index (χ2v) is 8.88.